The van der Waals surface area contributed by atoms with Gasteiger partial charge in [0, 0.05) is 32.7 Å². The zero-order valence-corrected chi connectivity index (χ0v) is 18.9. The first-order chi connectivity index (χ1) is 14.0. The predicted molar refractivity (Wildman–Crippen MR) is 128 cm³/mol. The van der Waals surface area contributed by atoms with Crippen molar-refractivity contribution in [1.29, 1.82) is 0 Å². The summed E-state index contributed by atoms with van der Waals surface area (Å²) in [5.74, 6) is 0. The summed E-state index contributed by atoms with van der Waals surface area (Å²) in [6.45, 7) is 8.78. The Kier molecular flexibility index (Phi) is 7.49. The normalized spacial score (nSPS) is 11.9. The third kappa shape index (κ3) is 5.48. The Labute approximate surface area is 187 Å². The van der Waals surface area contributed by atoms with E-state index in [1.165, 1.54) is 22.4 Å². The molecule has 4 heteroatoms. The Morgan fingerprint density at radius 2 is 1.76 bits per heavy atom. The van der Waals surface area contributed by atoms with E-state index in [0.717, 1.165) is 16.5 Å². The van der Waals surface area contributed by atoms with E-state index in [2.05, 4.69) is 60.6 Å². The molecule has 0 N–H and O–H groups in total. The quantitative estimate of drug-likeness (QED) is 0.333. The summed E-state index contributed by atoms with van der Waals surface area (Å²) >= 11 is 14.2. The molecule has 0 saturated heterocycles. The van der Waals surface area contributed by atoms with Crippen LogP contribution in [0.15, 0.2) is 101 Å². The molecule has 1 nitrogen and oxygen atoms in total. The number of aromatic nitrogens is 1. The van der Waals surface area contributed by atoms with Gasteiger partial charge in [0.1, 0.15) is 0 Å². The Morgan fingerprint density at radius 3 is 2.38 bits per heavy atom. The van der Waals surface area contributed by atoms with Crippen LogP contribution in [-0.2, 0) is 6.54 Å². The lowest BCUT2D eigenvalue weighted by Gasteiger charge is -2.14. The van der Waals surface area contributed by atoms with Crippen LogP contribution in [0.25, 0.3) is 11.1 Å². The van der Waals surface area contributed by atoms with Crippen molar-refractivity contribution in [2.75, 3.05) is 0 Å². The number of hydrogen-bond donors (Lipinski definition) is 0. The van der Waals surface area contributed by atoms with Gasteiger partial charge >= 0.3 is 0 Å². The lowest BCUT2D eigenvalue weighted by molar-refractivity contribution is 0.710. The molecule has 0 amide bonds. The topological polar surface area (TPSA) is 4.93 Å². The Morgan fingerprint density at radius 1 is 1.07 bits per heavy atom. The minimum absolute atomic E-state index is 0.636. The first-order valence-electron chi connectivity index (χ1n) is 9.35. The van der Waals surface area contributed by atoms with Crippen molar-refractivity contribution in [2.45, 2.75) is 30.3 Å². The van der Waals surface area contributed by atoms with Crippen molar-refractivity contribution in [1.82, 2.24) is 4.57 Å². The maximum absolute atomic E-state index is 6.25. The van der Waals surface area contributed by atoms with Gasteiger partial charge in [-0.05, 0) is 49.2 Å². The average molecular weight is 440 g/mol. The zero-order chi connectivity index (χ0) is 20.8. The number of halogens is 2. The second-order valence-corrected chi connectivity index (χ2v) is 8.58. The van der Waals surface area contributed by atoms with Gasteiger partial charge in [-0.25, -0.2) is 0 Å². The van der Waals surface area contributed by atoms with Crippen molar-refractivity contribution in [2.24, 2.45) is 0 Å². The monoisotopic (exact) mass is 439 g/mol. The number of rotatable bonds is 7. The van der Waals surface area contributed by atoms with Gasteiger partial charge in [0.2, 0.25) is 0 Å². The molecule has 0 saturated carbocycles. The van der Waals surface area contributed by atoms with Crippen LogP contribution in [0.2, 0.25) is 10.0 Å². The van der Waals surface area contributed by atoms with E-state index in [0.29, 0.717) is 10.0 Å². The Balaban J connectivity index is 2.13. The summed E-state index contributed by atoms with van der Waals surface area (Å²) in [4.78, 5) is 1.01. The van der Waals surface area contributed by atoms with Gasteiger partial charge in [-0.15, -0.1) is 0 Å². The highest BCUT2D eigenvalue weighted by atomic mass is 35.5. The molecule has 0 aliphatic heterocycles. The summed E-state index contributed by atoms with van der Waals surface area (Å²) in [6.07, 6.45) is 8.05. The summed E-state index contributed by atoms with van der Waals surface area (Å²) in [7, 11) is 0. The average Bonchev–Trinajstić information content (AvgIpc) is 2.98. The molecule has 0 spiro atoms. The second-order valence-electron chi connectivity index (χ2n) is 6.64. The standard InChI is InChI=1S/C25H23Cl2NS/c1-4-9-19(10-5-2)17-28-18(3)13-24(20-11-7-6-8-12-20)25(28)29-23-15-21(26)14-22(27)16-23/h4-16H,1,17H2,2-3H3/b10-5-,19-9+. The van der Waals surface area contributed by atoms with E-state index >= 15 is 0 Å². The molecule has 3 rings (SSSR count). The van der Waals surface area contributed by atoms with E-state index in [-0.39, 0.29) is 0 Å². The molecule has 148 valence electrons. The maximum atomic E-state index is 6.25. The Bertz CT molecular complexity index is 1040. The summed E-state index contributed by atoms with van der Waals surface area (Å²) in [5, 5.41) is 2.43. The number of hydrogen-bond acceptors (Lipinski definition) is 1. The minimum Gasteiger partial charge on any atom is -0.335 e. The molecular formula is C25H23Cl2NS. The minimum atomic E-state index is 0.636. The third-order valence-electron chi connectivity index (χ3n) is 4.44. The van der Waals surface area contributed by atoms with Gasteiger partial charge in [0.05, 0.1) is 5.03 Å². The molecule has 2 aromatic carbocycles. The van der Waals surface area contributed by atoms with Gasteiger partial charge in [0.25, 0.3) is 0 Å². The molecule has 0 aliphatic carbocycles. The first kappa shape index (κ1) is 21.6. The molecule has 0 unspecified atom stereocenters. The fourth-order valence-corrected chi connectivity index (χ4v) is 5.05. The molecule has 1 aromatic heterocycles. The van der Waals surface area contributed by atoms with Crippen molar-refractivity contribution in [3.05, 3.63) is 107 Å². The largest absolute Gasteiger partial charge is 0.335 e. The Hall–Kier alpha value is -2.13. The van der Waals surface area contributed by atoms with E-state index in [1.54, 1.807) is 17.8 Å². The number of aryl methyl sites for hydroxylation is 1. The van der Waals surface area contributed by atoms with Crippen LogP contribution in [0.3, 0.4) is 0 Å². The van der Waals surface area contributed by atoms with Gasteiger partial charge in [-0.1, -0.05) is 96.2 Å². The second kappa shape index (κ2) is 10.1. The highest BCUT2D eigenvalue weighted by molar-refractivity contribution is 7.99. The van der Waals surface area contributed by atoms with Crippen molar-refractivity contribution >= 4 is 35.0 Å². The van der Waals surface area contributed by atoms with Crippen molar-refractivity contribution in [3.8, 4) is 11.1 Å². The van der Waals surface area contributed by atoms with Crippen LogP contribution < -0.4 is 0 Å². The van der Waals surface area contributed by atoms with Crippen LogP contribution in [0.5, 0.6) is 0 Å². The molecule has 0 bridgehead atoms. The van der Waals surface area contributed by atoms with Gasteiger partial charge in [-0.3, -0.25) is 0 Å². The molecule has 0 fully saturated rings. The lowest BCUT2D eigenvalue weighted by atomic mass is 10.1. The molecule has 3 aromatic rings. The summed E-state index contributed by atoms with van der Waals surface area (Å²) < 4.78 is 2.33. The SMILES string of the molecule is C=C/C=C(\C=C/C)Cn1c(C)cc(-c2ccccc2)c1Sc1cc(Cl)cc(Cl)c1. The van der Waals surface area contributed by atoms with E-state index in [1.807, 2.05) is 37.3 Å². The van der Waals surface area contributed by atoms with E-state index in [9.17, 15) is 0 Å². The molecule has 1 heterocycles. The van der Waals surface area contributed by atoms with E-state index in [4.69, 9.17) is 23.2 Å². The third-order valence-corrected chi connectivity index (χ3v) is 5.98. The first-order valence-corrected chi connectivity index (χ1v) is 10.9. The maximum Gasteiger partial charge on any atom is 0.0881 e. The highest BCUT2D eigenvalue weighted by Crippen LogP contribution is 2.40. The van der Waals surface area contributed by atoms with Crippen LogP contribution >= 0.6 is 35.0 Å². The van der Waals surface area contributed by atoms with E-state index < -0.39 is 0 Å². The number of benzene rings is 2. The molecule has 0 radical (unpaired) electrons. The van der Waals surface area contributed by atoms with Crippen LogP contribution in [-0.4, -0.2) is 4.57 Å². The van der Waals surface area contributed by atoms with Crippen LogP contribution in [0, 0.1) is 6.92 Å². The smallest absolute Gasteiger partial charge is 0.0881 e. The molecular weight excluding hydrogens is 417 g/mol. The number of nitrogens with zero attached hydrogens (tertiary/aromatic N) is 1. The highest BCUT2D eigenvalue weighted by Gasteiger charge is 2.17. The molecule has 0 aliphatic rings. The number of allylic oxidation sites excluding steroid dienone is 5. The van der Waals surface area contributed by atoms with Crippen LogP contribution in [0.4, 0.5) is 0 Å². The zero-order valence-electron chi connectivity index (χ0n) is 16.5. The van der Waals surface area contributed by atoms with Gasteiger partial charge in [0.15, 0.2) is 0 Å². The van der Waals surface area contributed by atoms with Gasteiger partial charge in [-0.2, -0.15) is 0 Å². The van der Waals surface area contributed by atoms with Crippen molar-refractivity contribution < 1.29 is 0 Å². The van der Waals surface area contributed by atoms with Crippen LogP contribution in [0.1, 0.15) is 12.6 Å². The van der Waals surface area contributed by atoms with Crippen molar-refractivity contribution in [3.63, 3.8) is 0 Å². The predicted octanol–water partition coefficient (Wildman–Crippen LogP) is 8.61. The molecule has 29 heavy (non-hydrogen) atoms. The van der Waals surface area contributed by atoms with Gasteiger partial charge < -0.3 is 4.57 Å². The summed E-state index contributed by atoms with van der Waals surface area (Å²) in [5.41, 5.74) is 4.76. The summed E-state index contributed by atoms with van der Waals surface area (Å²) in [6, 6.07) is 18.3. The fraction of sp³-hybridized carbons (Fsp3) is 0.120. The lowest BCUT2D eigenvalue weighted by Crippen LogP contribution is -2.03. The fourth-order valence-electron chi connectivity index (χ4n) is 3.19. The molecule has 0 atom stereocenters.